The van der Waals surface area contributed by atoms with Crippen LogP contribution in [0.2, 0.25) is 0 Å². The summed E-state index contributed by atoms with van der Waals surface area (Å²) in [5, 5.41) is 4.42. The number of para-hydroxylation sites is 2. The van der Waals surface area contributed by atoms with Gasteiger partial charge in [-0.3, -0.25) is 9.48 Å². The molecule has 3 heterocycles. The Morgan fingerprint density at radius 1 is 1.31 bits per heavy atom. The van der Waals surface area contributed by atoms with Crippen molar-refractivity contribution in [3.05, 3.63) is 47.1 Å². The average molecular weight is 352 g/mol. The number of nitrogens with zero attached hydrogens (tertiary/aromatic N) is 4. The lowest BCUT2D eigenvalue weighted by atomic mass is 9.97. The summed E-state index contributed by atoms with van der Waals surface area (Å²) in [6, 6.07) is 7.81. The predicted molar refractivity (Wildman–Crippen MR) is 99.0 cm³/mol. The standard InChI is InChI=1S/C20H24N4O2/c1-13-16(14(2)23(3)22-13)11-19(25)24-10-6-7-15(12-24)20-21-17-8-4-5-9-18(17)26-20/h4-5,8-9,15H,6-7,10-12H2,1-3H3/t15-/m0/s1. The third kappa shape index (κ3) is 3.00. The Morgan fingerprint density at radius 2 is 2.12 bits per heavy atom. The Balaban J connectivity index is 1.50. The zero-order valence-corrected chi connectivity index (χ0v) is 15.5. The van der Waals surface area contributed by atoms with Crippen LogP contribution in [0.5, 0.6) is 0 Å². The number of aryl methyl sites for hydroxylation is 2. The number of oxazole rings is 1. The molecule has 0 radical (unpaired) electrons. The van der Waals surface area contributed by atoms with E-state index in [1.54, 1.807) is 0 Å². The van der Waals surface area contributed by atoms with E-state index in [1.165, 1.54) is 0 Å². The van der Waals surface area contributed by atoms with Gasteiger partial charge < -0.3 is 9.32 Å². The fraction of sp³-hybridized carbons (Fsp3) is 0.450. The van der Waals surface area contributed by atoms with Gasteiger partial charge in [0, 0.05) is 31.4 Å². The van der Waals surface area contributed by atoms with E-state index in [1.807, 2.05) is 54.7 Å². The van der Waals surface area contributed by atoms with Gasteiger partial charge in [0.2, 0.25) is 5.91 Å². The van der Waals surface area contributed by atoms with Crippen LogP contribution >= 0.6 is 0 Å². The number of rotatable bonds is 3. The second-order valence-corrected chi connectivity index (χ2v) is 7.15. The molecule has 0 N–H and O–H groups in total. The quantitative estimate of drug-likeness (QED) is 0.726. The van der Waals surface area contributed by atoms with Crippen LogP contribution in [0.4, 0.5) is 0 Å². The molecule has 6 heteroatoms. The van der Waals surface area contributed by atoms with E-state index in [0.717, 1.165) is 53.3 Å². The van der Waals surface area contributed by atoms with Crippen molar-refractivity contribution in [1.29, 1.82) is 0 Å². The minimum Gasteiger partial charge on any atom is -0.440 e. The van der Waals surface area contributed by atoms with Gasteiger partial charge in [-0.2, -0.15) is 5.10 Å². The lowest BCUT2D eigenvalue weighted by Crippen LogP contribution is -2.40. The Bertz CT molecular complexity index is 923. The second kappa shape index (κ2) is 6.59. The smallest absolute Gasteiger partial charge is 0.227 e. The molecule has 2 aromatic heterocycles. The summed E-state index contributed by atoms with van der Waals surface area (Å²) in [5.41, 5.74) is 4.73. The highest BCUT2D eigenvalue weighted by Gasteiger charge is 2.28. The largest absolute Gasteiger partial charge is 0.440 e. The van der Waals surface area contributed by atoms with Gasteiger partial charge in [-0.25, -0.2) is 4.98 Å². The molecule has 26 heavy (non-hydrogen) atoms. The van der Waals surface area contributed by atoms with E-state index in [2.05, 4.69) is 10.1 Å². The van der Waals surface area contributed by atoms with Crippen molar-refractivity contribution >= 4 is 17.0 Å². The molecule has 0 spiro atoms. The van der Waals surface area contributed by atoms with Crippen LogP contribution in [-0.2, 0) is 18.3 Å². The molecule has 1 atom stereocenters. The Hall–Kier alpha value is -2.63. The number of hydrogen-bond donors (Lipinski definition) is 0. The van der Waals surface area contributed by atoms with E-state index in [-0.39, 0.29) is 11.8 Å². The van der Waals surface area contributed by atoms with Crippen LogP contribution in [0.1, 0.15) is 41.6 Å². The first-order chi connectivity index (χ1) is 12.5. The molecule has 1 aliphatic rings. The highest BCUT2D eigenvalue weighted by molar-refractivity contribution is 5.79. The van der Waals surface area contributed by atoms with Gasteiger partial charge in [0.25, 0.3) is 0 Å². The van der Waals surface area contributed by atoms with E-state index in [4.69, 9.17) is 4.42 Å². The molecule has 136 valence electrons. The summed E-state index contributed by atoms with van der Waals surface area (Å²) >= 11 is 0. The summed E-state index contributed by atoms with van der Waals surface area (Å²) in [5.74, 6) is 1.07. The zero-order valence-electron chi connectivity index (χ0n) is 15.5. The SMILES string of the molecule is Cc1nn(C)c(C)c1CC(=O)N1CCC[C@H](c2nc3ccccc3o2)C1. The van der Waals surface area contributed by atoms with Gasteiger partial charge in [-0.05, 0) is 38.8 Å². The van der Waals surface area contributed by atoms with E-state index >= 15 is 0 Å². The number of amides is 1. The molecule has 1 aliphatic heterocycles. The van der Waals surface area contributed by atoms with Crippen molar-refractivity contribution in [2.45, 2.75) is 39.0 Å². The third-order valence-electron chi connectivity index (χ3n) is 5.42. The Labute approximate surface area is 152 Å². The van der Waals surface area contributed by atoms with Gasteiger partial charge in [-0.15, -0.1) is 0 Å². The molecule has 4 rings (SSSR count). The predicted octanol–water partition coefficient (Wildman–Crippen LogP) is 3.13. The third-order valence-corrected chi connectivity index (χ3v) is 5.42. The number of fused-ring (bicyclic) bond motifs is 1. The van der Waals surface area contributed by atoms with Crippen molar-refractivity contribution in [2.75, 3.05) is 13.1 Å². The molecule has 1 aromatic carbocycles. The van der Waals surface area contributed by atoms with Gasteiger partial charge >= 0.3 is 0 Å². The van der Waals surface area contributed by atoms with Crippen LogP contribution in [0, 0.1) is 13.8 Å². The number of aromatic nitrogens is 3. The van der Waals surface area contributed by atoms with E-state index < -0.39 is 0 Å². The highest BCUT2D eigenvalue weighted by atomic mass is 16.3. The second-order valence-electron chi connectivity index (χ2n) is 7.15. The maximum absolute atomic E-state index is 12.9. The van der Waals surface area contributed by atoms with Gasteiger partial charge in [0.1, 0.15) is 5.52 Å². The lowest BCUT2D eigenvalue weighted by Gasteiger charge is -2.31. The molecule has 1 saturated heterocycles. The number of piperidine rings is 1. The number of carbonyl (C=O) groups is 1. The van der Waals surface area contributed by atoms with E-state index in [0.29, 0.717) is 13.0 Å². The van der Waals surface area contributed by atoms with Crippen LogP contribution in [0.15, 0.2) is 28.7 Å². The first-order valence-corrected chi connectivity index (χ1v) is 9.15. The fourth-order valence-corrected chi connectivity index (χ4v) is 3.81. The molecule has 0 saturated carbocycles. The monoisotopic (exact) mass is 352 g/mol. The number of likely N-dealkylation sites (tertiary alicyclic amines) is 1. The lowest BCUT2D eigenvalue weighted by molar-refractivity contribution is -0.131. The van der Waals surface area contributed by atoms with Gasteiger partial charge in [0.15, 0.2) is 11.5 Å². The minimum absolute atomic E-state index is 0.157. The topological polar surface area (TPSA) is 64.2 Å². The van der Waals surface area contributed by atoms with Crippen LogP contribution in [0.3, 0.4) is 0 Å². The van der Waals surface area contributed by atoms with Gasteiger partial charge in [0.05, 0.1) is 18.0 Å². The summed E-state index contributed by atoms with van der Waals surface area (Å²) in [6.07, 6.45) is 2.38. The normalized spacial score (nSPS) is 17.8. The van der Waals surface area contributed by atoms with Crippen LogP contribution in [-0.4, -0.2) is 38.7 Å². The van der Waals surface area contributed by atoms with Crippen molar-refractivity contribution in [3.8, 4) is 0 Å². The molecule has 1 amide bonds. The van der Waals surface area contributed by atoms with Crippen molar-refractivity contribution < 1.29 is 9.21 Å². The molecule has 0 unspecified atom stereocenters. The Kier molecular flexibility index (Phi) is 4.26. The van der Waals surface area contributed by atoms with E-state index in [9.17, 15) is 4.79 Å². The van der Waals surface area contributed by atoms with Crippen LogP contribution in [0.25, 0.3) is 11.1 Å². The molecule has 0 aliphatic carbocycles. The first kappa shape index (κ1) is 16.8. The molecule has 0 bridgehead atoms. The Morgan fingerprint density at radius 3 is 2.85 bits per heavy atom. The summed E-state index contributed by atoms with van der Waals surface area (Å²) in [7, 11) is 1.92. The van der Waals surface area contributed by atoms with Gasteiger partial charge in [-0.1, -0.05) is 12.1 Å². The summed E-state index contributed by atoms with van der Waals surface area (Å²) < 4.78 is 7.78. The zero-order chi connectivity index (χ0) is 18.3. The molecule has 3 aromatic rings. The summed E-state index contributed by atoms with van der Waals surface area (Å²) in [6.45, 7) is 5.45. The highest BCUT2D eigenvalue weighted by Crippen LogP contribution is 2.29. The van der Waals surface area contributed by atoms with Crippen molar-refractivity contribution in [2.24, 2.45) is 7.05 Å². The maximum Gasteiger partial charge on any atom is 0.227 e. The number of hydrogen-bond acceptors (Lipinski definition) is 4. The minimum atomic E-state index is 0.157. The van der Waals surface area contributed by atoms with Crippen molar-refractivity contribution in [1.82, 2.24) is 19.7 Å². The molecular formula is C20H24N4O2. The fourth-order valence-electron chi connectivity index (χ4n) is 3.81. The molecule has 1 fully saturated rings. The van der Waals surface area contributed by atoms with Crippen molar-refractivity contribution in [3.63, 3.8) is 0 Å². The average Bonchev–Trinajstić information content (AvgIpc) is 3.18. The first-order valence-electron chi connectivity index (χ1n) is 9.15. The maximum atomic E-state index is 12.9. The number of benzene rings is 1. The molecule has 6 nitrogen and oxygen atoms in total. The van der Waals surface area contributed by atoms with Crippen LogP contribution < -0.4 is 0 Å². The molecular weight excluding hydrogens is 328 g/mol. The summed E-state index contributed by atoms with van der Waals surface area (Å²) in [4.78, 5) is 19.4. The number of carbonyl (C=O) groups excluding carboxylic acids is 1.